The van der Waals surface area contributed by atoms with E-state index in [1.54, 1.807) is 6.07 Å². The molecule has 3 N–H and O–H groups in total. The van der Waals surface area contributed by atoms with Gasteiger partial charge in [-0.05, 0) is 26.8 Å². The first kappa shape index (κ1) is 13.2. The molecule has 0 bridgehead atoms. The van der Waals surface area contributed by atoms with E-state index in [0.717, 1.165) is 24.4 Å². The predicted octanol–water partition coefficient (Wildman–Crippen LogP) is 2.03. The van der Waals surface area contributed by atoms with E-state index in [2.05, 4.69) is 18.7 Å². The number of rotatable bonds is 2. The summed E-state index contributed by atoms with van der Waals surface area (Å²) < 4.78 is 5.50. The summed E-state index contributed by atoms with van der Waals surface area (Å²) >= 11 is 0. The van der Waals surface area contributed by atoms with Crippen molar-refractivity contribution in [2.45, 2.75) is 32.4 Å². The van der Waals surface area contributed by atoms with E-state index in [-0.39, 0.29) is 17.3 Å². The number of hydrogen-bond donors (Lipinski definition) is 2. The Balaban J connectivity index is 2.31. The van der Waals surface area contributed by atoms with E-state index in [1.165, 1.54) is 0 Å². The van der Waals surface area contributed by atoms with Gasteiger partial charge in [-0.2, -0.15) is 0 Å². The summed E-state index contributed by atoms with van der Waals surface area (Å²) in [5.41, 5.74) is 7.55. The van der Waals surface area contributed by atoms with Crippen LogP contribution in [0, 0.1) is 0 Å². The minimum absolute atomic E-state index is 0.0550. The van der Waals surface area contributed by atoms with Crippen molar-refractivity contribution in [3.05, 3.63) is 23.8 Å². The topological polar surface area (TPSA) is 58.7 Å². The highest BCUT2D eigenvalue weighted by Crippen LogP contribution is 2.32. The van der Waals surface area contributed by atoms with Crippen molar-refractivity contribution >= 4 is 5.69 Å². The first-order chi connectivity index (χ1) is 8.42. The lowest BCUT2D eigenvalue weighted by Gasteiger charge is -2.44. The summed E-state index contributed by atoms with van der Waals surface area (Å²) in [6.45, 7) is 8.41. The van der Waals surface area contributed by atoms with Gasteiger partial charge >= 0.3 is 0 Å². The Labute approximate surface area is 108 Å². The SMILES string of the molecule is CC(N)c1ccc(N2CCOCC2(C)C)cc1O. The predicted molar refractivity (Wildman–Crippen MR) is 73.0 cm³/mol. The Bertz CT molecular complexity index is 430. The van der Waals surface area contributed by atoms with Crippen LogP contribution in [0.5, 0.6) is 5.75 Å². The highest BCUT2D eigenvalue weighted by molar-refractivity contribution is 5.55. The van der Waals surface area contributed by atoms with Crippen LogP contribution in [0.25, 0.3) is 0 Å². The van der Waals surface area contributed by atoms with E-state index in [4.69, 9.17) is 10.5 Å². The summed E-state index contributed by atoms with van der Waals surface area (Å²) in [4.78, 5) is 2.27. The second kappa shape index (κ2) is 4.78. The first-order valence-corrected chi connectivity index (χ1v) is 6.36. The third kappa shape index (κ3) is 2.44. The van der Waals surface area contributed by atoms with Gasteiger partial charge in [-0.3, -0.25) is 0 Å². The maximum absolute atomic E-state index is 10.0. The third-order valence-corrected chi connectivity index (χ3v) is 3.46. The van der Waals surface area contributed by atoms with E-state index in [0.29, 0.717) is 6.61 Å². The number of phenols is 1. The molecule has 0 saturated carbocycles. The van der Waals surface area contributed by atoms with Crippen LogP contribution in [0.3, 0.4) is 0 Å². The van der Waals surface area contributed by atoms with Crippen molar-refractivity contribution in [1.29, 1.82) is 0 Å². The van der Waals surface area contributed by atoms with Crippen LogP contribution in [0.4, 0.5) is 5.69 Å². The van der Waals surface area contributed by atoms with Crippen molar-refractivity contribution in [2.24, 2.45) is 5.73 Å². The van der Waals surface area contributed by atoms with Gasteiger partial charge in [-0.1, -0.05) is 6.07 Å². The molecular weight excluding hydrogens is 228 g/mol. The fourth-order valence-electron chi connectivity index (χ4n) is 2.42. The normalized spacial score (nSPS) is 20.8. The number of hydrogen-bond acceptors (Lipinski definition) is 4. The van der Waals surface area contributed by atoms with Gasteiger partial charge in [-0.25, -0.2) is 0 Å². The van der Waals surface area contributed by atoms with Crippen molar-refractivity contribution < 1.29 is 9.84 Å². The zero-order valence-electron chi connectivity index (χ0n) is 11.3. The average Bonchev–Trinajstić information content (AvgIpc) is 2.27. The second-order valence-electron chi connectivity index (χ2n) is 5.55. The van der Waals surface area contributed by atoms with E-state index >= 15 is 0 Å². The zero-order chi connectivity index (χ0) is 13.3. The van der Waals surface area contributed by atoms with Gasteiger partial charge in [0, 0.05) is 29.9 Å². The van der Waals surface area contributed by atoms with Crippen molar-refractivity contribution in [3.8, 4) is 5.75 Å². The number of benzene rings is 1. The molecule has 1 fully saturated rings. The maximum atomic E-state index is 10.0. The molecule has 0 radical (unpaired) electrons. The van der Waals surface area contributed by atoms with Gasteiger partial charge < -0.3 is 20.5 Å². The summed E-state index contributed by atoms with van der Waals surface area (Å²) in [5, 5.41) is 10.0. The highest BCUT2D eigenvalue weighted by atomic mass is 16.5. The Morgan fingerprint density at radius 1 is 1.44 bits per heavy atom. The summed E-state index contributed by atoms with van der Waals surface area (Å²) in [7, 11) is 0. The summed E-state index contributed by atoms with van der Waals surface area (Å²) in [6.07, 6.45) is 0. The Hall–Kier alpha value is -1.26. The Morgan fingerprint density at radius 2 is 2.17 bits per heavy atom. The molecule has 1 aromatic rings. The maximum Gasteiger partial charge on any atom is 0.122 e. The molecule has 100 valence electrons. The lowest BCUT2D eigenvalue weighted by Crippen LogP contribution is -2.53. The standard InChI is InChI=1S/C14H22N2O2/c1-10(15)12-5-4-11(8-13(12)17)16-6-7-18-9-14(16,2)3/h4-5,8,10,17H,6-7,9,15H2,1-3H3. The molecule has 0 spiro atoms. The van der Waals surface area contributed by atoms with E-state index in [1.807, 2.05) is 19.1 Å². The van der Waals surface area contributed by atoms with Crippen LogP contribution >= 0.6 is 0 Å². The molecule has 18 heavy (non-hydrogen) atoms. The number of aromatic hydroxyl groups is 1. The minimum Gasteiger partial charge on any atom is -0.508 e. The number of nitrogens with two attached hydrogens (primary N) is 1. The van der Waals surface area contributed by atoms with Crippen LogP contribution in [0.15, 0.2) is 18.2 Å². The molecule has 1 saturated heterocycles. The monoisotopic (exact) mass is 250 g/mol. The van der Waals surface area contributed by atoms with Gasteiger partial charge in [0.25, 0.3) is 0 Å². The molecule has 1 atom stereocenters. The number of nitrogens with zero attached hydrogens (tertiary/aromatic N) is 1. The molecule has 0 aliphatic carbocycles. The van der Waals surface area contributed by atoms with Gasteiger partial charge in [-0.15, -0.1) is 0 Å². The quantitative estimate of drug-likeness (QED) is 0.843. The van der Waals surface area contributed by atoms with Crippen LogP contribution in [0.1, 0.15) is 32.4 Å². The average molecular weight is 250 g/mol. The van der Waals surface area contributed by atoms with Crippen LogP contribution in [0.2, 0.25) is 0 Å². The molecule has 1 aromatic carbocycles. The Morgan fingerprint density at radius 3 is 2.72 bits per heavy atom. The summed E-state index contributed by atoms with van der Waals surface area (Å²) in [6, 6.07) is 5.56. The number of ether oxygens (including phenoxy) is 1. The molecule has 1 aliphatic rings. The molecular formula is C14H22N2O2. The van der Waals surface area contributed by atoms with Gasteiger partial charge in [0.1, 0.15) is 5.75 Å². The third-order valence-electron chi connectivity index (χ3n) is 3.46. The smallest absolute Gasteiger partial charge is 0.122 e. The highest BCUT2D eigenvalue weighted by Gasteiger charge is 2.31. The molecule has 1 unspecified atom stereocenters. The first-order valence-electron chi connectivity index (χ1n) is 6.36. The van der Waals surface area contributed by atoms with E-state index < -0.39 is 0 Å². The van der Waals surface area contributed by atoms with Crippen molar-refractivity contribution in [3.63, 3.8) is 0 Å². The second-order valence-corrected chi connectivity index (χ2v) is 5.55. The minimum atomic E-state index is -0.156. The van der Waals surface area contributed by atoms with Crippen molar-refractivity contribution in [1.82, 2.24) is 0 Å². The lowest BCUT2D eigenvalue weighted by molar-refractivity contribution is 0.0644. The van der Waals surface area contributed by atoms with Gasteiger partial charge in [0.15, 0.2) is 0 Å². The van der Waals surface area contributed by atoms with Gasteiger partial charge in [0.05, 0.1) is 18.8 Å². The van der Waals surface area contributed by atoms with Crippen LogP contribution in [-0.4, -0.2) is 30.4 Å². The molecule has 2 rings (SSSR count). The zero-order valence-corrected chi connectivity index (χ0v) is 11.3. The lowest BCUT2D eigenvalue weighted by atomic mass is 10.00. The van der Waals surface area contributed by atoms with Crippen LogP contribution < -0.4 is 10.6 Å². The summed E-state index contributed by atoms with van der Waals surface area (Å²) in [5.74, 6) is 0.268. The molecule has 1 aliphatic heterocycles. The number of phenolic OH excluding ortho intramolecular Hbond substituents is 1. The fourth-order valence-corrected chi connectivity index (χ4v) is 2.42. The van der Waals surface area contributed by atoms with E-state index in [9.17, 15) is 5.11 Å². The van der Waals surface area contributed by atoms with Crippen LogP contribution in [-0.2, 0) is 4.74 Å². The molecule has 4 heteroatoms. The molecule has 1 heterocycles. The van der Waals surface area contributed by atoms with Gasteiger partial charge in [0.2, 0.25) is 0 Å². The molecule has 0 amide bonds. The largest absolute Gasteiger partial charge is 0.508 e. The van der Waals surface area contributed by atoms with Crippen molar-refractivity contribution in [2.75, 3.05) is 24.7 Å². The molecule has 0 aromatic heterocycles. The number of anilines is 1. The fraction of sp³-hybridized carbons (Fsp3) is 0.571. The Kier molecular flexibility index (Phi) is 3.50. The molecule has 4 nitrogen and oxygen atoms in total. The number of morpholine rings is 1.